The Kier molecular flexibility index (Phi) is 5.55. The van der Waals surface area contributed by atoms with Crippen molar-refractivity contribution in [1.82, 2.24) is 9.80 Å². The van der Waals surface area contributed by atoms with Crippen molar-refractivity contribution >= 4 is 29.6 Å². The molecule has 7 heteroatoms. The first-order valence-corrected chi connectivity index (χ1v) is 7.25. The average Bonchev–Trinajstić information content (AvgIpc) is 2.53. The maximum Gasteiger partial charge on any atom is 0.338 e. The van der Waals surface area contributed by atoms with Crippen LogP contribution in [0.4, 0.5) is 10.5 Å². The summed E-state index contributed by atoms with van der Waals surface area (Å²) in [5.74, 6) is 5.87. The smallest absolute Gasteiger partial charge is 0.321 e. The number of hydrogen-bond acceptors (Lipinski definition) is 4. The van der Waals surface area contributed by atoms with Gasteiger partial charge in [-0.1, -0.05) is 11.6 Å². The first-order valence-electron chi connectivity index (χ1n) is 6.87. The van der Waals surface area contributed by atoms with Gasteiger partial charge in [-0.2, -0.15) is 0 Å². The Morgan fingerprint density at radius 3 is 2.43 bits per heavy atom. The number of carbonyl (C=O) groups excluding carboxylic acids is 2. The quantitative estimate of drug-likeness (QED) is 0.394. The molecule has 6 nitrogen and oxygen atoms in total. The maximum absolute atomic E-state index is 12.3. The Bertz CT molecular complexity index is 486. The van der Waals surface area contributed by atoms with Gasteiger partial charge in [0.15, 0.2) is 0 Å². The molecule has 114 valence electrons. The van der Waals surface area contributed by atoms with Crippen LogP contribution in [0, 0.1) is 0 Å². The minimum absolute atomic E-state index is 0.229. The monoisotopic (exact) mass is 310 g/mol. The van der Waals surface area contributed by atoms with Gasteiger partial charge < -0.3 is 9.69 Å². The summed E-state index contributed by atoms with van der Waals surface area (Å²) in [6, 6.07) is 6.58. The van der Waals surface area contributed by atoms with Gasteiger partial charge in [0.25, 0.3) is 0 Å². The Labute approximate surface area is 129 Å². The molecule has 1 aliphatic rings. The SMILES string of the molecule is NN(C(=O)N1CCN(CCC=O)CC1)c1ccc(Cl)cc1. The van der Waals surface area contributed by atoms with Gasteiger partial charge in [0, 0.05) is 44.2 Å². The fourth-order valence-corrected chi connectivity index (χ4v) is 2.39. The Hall–Kier alpha value is -1.63. The number of benzene rings is 1. The predicted molar refractivity (Wildman–Crippen MR) is 82.2 cm³/mol. The number of nitrogens with two attached hydrogens (primary N) is 1. The first kappa shape index (κ1) is 15.8. The van der Waals surface area contributed by atoms with Crippen molar-refractivity contribution in [2.75, 3.05) is 37.7 Å². The number of carbonyl (C=O) groups is 2. The molecule has 1 aliphatic heterocycles. The van der Waals surface area contributed by atoms with E-state index in [0.29, 0.717) is 30.2 Å². The number of rotatable bonds is 4. The zero-order valence-corrected chi connectivity index (χ0v) is 12.5. The Balaban J connectivity index is 1.89. The van der Waals surface area contributed by atoms with Gasteiger partial charge in [-0.05, 0) is 24.3 Å². The number of nitrogens with zero attached hydrogens (tertiary/aromatic N) is 3. The molecule has 2 N–H and O–H groups in total. The third-order valence-corrected chi connectivity index (χ3v) is 3.77. The largest absolute Gasteiger partial charge is 0.338 e. The van der Waals surface area contributed by atoms with E-state index in [1.807, 2.05) is 0 Å². The van der Waals surface area contributed by atoms with Crippen LogP contribution in [0.25, 0.3) is 0 Å². The predicted octanol–water partition coefficient (Wildman–Crippen LogP) is 1.35. The molecule has 0 saturated carbocycles. The lowest BCUT2D eigenvalue weighted by Crippen LogP contribution is -2.54. The molecule has 1 heterocycles. The molecule has 0 unspecified atom stereocenters. The van der Waals surface area contributed by atoms with E-state index < -0.39 is 0 Å². The van der Waals surface area contributed by atoms with Crippen LogP contribution in [-0.4, -0.2) is 54.8 Å². The number of hydrazine groups is 1. The third-order valence-electron chi connectivity index (χ3n) is 3.52. The topological polar surface area (TPSA) is 69.9 Å². The second-order valence-corrected chi connectivity index (χ2v) is 5.35. The molecule has 0 aromatic heterocycles. The average molecular weight is 311 g/mol. The normalized spacial score (nSPS) is 15.8. The highest BCUT2D eigenvalue weighted by molar-refractivity contribution is 6.30. The van der Waals surface area contributed by atoms with Crippen LogP contribution in [0.15, 0.2) is 24.3 Å². The lowest BCUT2D eigenvalue weighted by molar-refractivity contribution is -0.108. The third kappa shape index (κ3) is 4.17. The van der Waals surface area contributed by atoms with Gasteiger partial charge in [-0.15, -0.1) is 0 Å². The molecule has 2 amide bonds. The summed E-state index contributed by atoms with van der Waals surface area (Å²) >= 11 is 5.82. The summed E-state index contributed by atoms with van der Waals surface area (Å²) in [7, 11) is 0. The van der Waals surface area contributed by atoms with E-state index in [9.17, 15) is 9.59 Å². The fourth-order valence-electron chi connectivity index (χ4n) is 2.26. The molecule has 1 fully saturated rings. The molecule has 0 atom stereocenters. The lowest BCUT2D eigenvalue weighted by Gasteiger charge is -2.36. The molecule has 0 bridgehead atoms. The standard InChI is InChI=1S/C14H19ClN4O2/c15-12-2-4-13(5-3-12)19(16)14(21)18-9-7-17(8-10-18)6-1-11-20/h2-5,11H,1,6-10,16H2. The van der Waals surface area contributed by atoms with E-state index in [2.05, 4.69) is 4.90 Å². The molecule has 0 radical (unpaired) electrons. The van der Waals surface area contributed by atoms with Crippen LogP contribution in [0.3, 0.4) is 0 Å². The second kappa shape index (κ2) is 7.40. The van der Waals surface area contributed by atoms with Crippen LogP contribution in [-0.2, 0) is 4.79 Å². The summed E-state index contributed by atoms with van der Waals surface area (Å²) in [4.78, 5) is 26.6. The number of urea groups is 1. The van der Waals surface area contributed by atoms with Crippen molar-refractivity contribution in [3.8, 4) is 0 Å². The van der Waals surface area contributed by atoms with Crippen LogP contribution < -0.4 is 10.9 Å². The van der Waals surface area contributed by atoms with Crippen molar-refractivity contribution in [3.05, 3.63) is 29.3 Å². The molecule has 21 heavy (non-hydrogen) atoms. The number of amides is 2. The summed E-state index contributed by atoms with van der Waals surface area (Å²) in [5, 5.41) is 1.74. The van der Waals surface area contributed by atoms with E-state index >= 15 is 0 Å². The summed E-state index contributed by atoms with van der Waals surface area (Å²) in [6.07, 6.45) is 1.45. The van der Waals surface area contributed by atoms with Crippen LogP contribution in [0.2, 0.25) is 5.02 Å². The number of aldehydes is 1. The Morgan fingerprint density at radius 2 is 1.86 bits per heavy atom. The molecule has 1 aromatic carbocycles. The zero-order chi connectivity index (χ0) is 15.2. The lowest BCUT2D eigenvalue weighted by atomic mass is 10.3. The van der Waals surface area contributed by atoms with Crippen molar-refractivity contribution in [1.29, 1.82) is 0 Å². The molecular formula is C14H19ClN4O2. The Morgan fingerprint density at radius 1 is 1.24 bits per heavy atom. The number of anilines is 1. The van der Waals surface area contributed by atoms with E-state index in [4.69, 9.17) is 17.4 Å². The second-order valence-electron chi connectivity index (χ2n) is 4.91. The van der Waals surface area contributed by atoms with Crippen LogP contribution in [0.5, 0.6) is 0 Å². The van der Waals surface area contributed by atoms with Crippen molar-refractivity contribution in [2.24, 2.45) is 5.84 Å². The minimum atomic E-state index is -0.229. The molecular weight excluding hydrogens is 292 g/mol. The zero-order valence-electron chi connectivity index (χ0n) is 11.7. The van der Waals surface area contributed by atoms with Crippen LogP contribution in [0.1, 0.15) is 6.42 Å². The van der Waals surface area contributed by atoms with E-state index in [-0.39, 0.29) is 6.03 Å². The van der Waals surface area contributed by atoms with Crippen molar-refractivity contribution in [3.63, 3.8) is 0 Å². The minimum Gasteiger partial charge on any atom is -0.321 e. The number of hydrogen-bond donors (Lipinski definition) is 1. The van der Waals surface area contributed by atoms with E-state index in [1.165, 1.54) is 0 Å². The molecule has 1 saturated heterocycles. The number of piperazine rings is 1. The maximum atomic E-state index is 12.3. The van der Waals surface area contributed by atoms with Crippen molar-refractivity contribution in [2.45, 2.75) is 6.42 Å². The first-order chi connectivity index (χ1) is 10.1. The summed E-state index contributed by atoms with van der Waals surface area (Å²) in [5.41, 5.74) is 0.604. The van der Waals surface area contributed by atoms with Crippen LogP contribution >= 0.6 is 11.6 Å². The van der Waals surface area contributed by atoms with Gasteiger partial charge in [0.2, 0.25) is 0 Å². The molecule has 2 rings (SSSR count). The van der Waals surface area contributed by atoms with Crippen molar-refractivity contribution < 1.29 is 9.59 Å². The molecule has 0 spiro atoms. The highest BCUT2D eigenvalue weighted by Gasteiger charge is 2.24. The fraction of sp³-hybridized carbons (Fsp3) is 0.429. The summed E-state index contributed by atoms with van der Waals surface area (Å²) in [6.45, 7) is 3.48. The number of halogens is 1. The van der Waals surface area contributed by atoms with E-state index in [0.717, 1.165) is 30.9 Å². The highest BCUT2D eigenvalue weighted by atomic mass is 35.5. The van der Waals surface area contributed by atoms with Gasteiger partial charge in [-0.3, -0.25) is 4.90 Å². The van der Waals surface area contributed by atoms with Gasteiger partial charge >= 0.3 is 6.03 Å². The molecule has 0 aliphatic carbocycles. The van der Waals surface area contributed by atoms with E-state index in [1.54, 1.807) is 29.2 Å². The van der Waals surface area contributed by atoms with Gasteiger partial charge in [-0.25, -0.2) is 15.6 Å². The highest BCUT2D eigenvalue weighted by Crippen LogP contribution is 2.17. The van der Waals surface area contributed by atoms with Gasteiger partial charge in [0.1, 0.15) is 6.29 Å². The summed E-state index contributed by atoms with van der Waals surface area (Å²) < 4.78 is 0. The van der Waals surface area contributed by atoms with Gasteiger partial charge in [0.05, 0.1) is 5.69 Å². The molecule has 1 aromatic rings.